The van der Waals surface area contributed by atoms with Crippen LogP contribution in [0.5, 0.6) is 0 Å². The van der Waals surface area contributed by atoms with E-state index in [9.17, 15) is 0 Å². The highest BCUT2D eigenvalue weighted by molar-refractivity contribution is 4.76. The van der Waals surface area contributed by atoms with Crippen LogP contribution in [-0.2, 0) is 4.74 Å². The minimum absolute atomic E-state index is 0.0491. The SMILES string of the molecule is CCC1(C)NCC(C)CO1. The van der Waals surface area contributed by atoms with E-state index in [2.05, 4.69) is 26.1 Å². The molecule has 0 saturated carbocycles. The maximum Gasteiger partial charge on any atom is 0.116 e. The zero-order chi connectivity index (χ0) is 7.61. The largest absolute Gasteiger partial charge is 0.361 e. The smallest absolute Gasteiger partial charge is 0.116 e. The molecule has 2 nitrogen and oxygen atoms in total. The van der Waals surface area contributed by atoms with Crippen LogP contribution in [0.1, 0.15) is 27.2 Å². The van der Waals surface area contributed by atoms with Gasteiger partial charge in [0.05, 0.1) is 6.61 Å². The predicted octanol–water partition coefficient (Wildman–Crippen LogP) is 1.37. The molecule has 0 aromatic heterocycles. The summed E-state index contributed by atoms with van der Waals surface area (Å²) in [5, 5.41) is 3.37. The lowest BCUT2D eigenvalue weighted by molar-refractivity contribution is -0.102. The summed E-state index contributed by atoms with van der Waals surface area (Å²) in [5.74, 6) is 0.666. The predicted molar refractivity (Wildman–Crippen MR) is 41.8 cm³/mol. The van der Waals surface area contributed by atoms with Gasteiger partial charge in [0.2, 0.25) is 0 Å². The van der Waals surface area contributed by atoms with Crippen molar-refractivity contribution in [3.63, 3.8) is 0 Å². The van der Waals surface area contributed by atoms with E-state index >= 15 is 0 Å². The molecule has 10 heavy (non-hydrogen) atoms. The minimum Gasteiger partial charge on any atom is -0.361 e. The fourth-order valence-electron chi connectivity index (χ4n) is 1.05. The molecule has 1 fully saturated rings. The molecular formula is C8H17NO. The van der Waals surface area contributed by atoms with E-state index in [0.717, 1.165) is 19.6 Å². The quantitative estimate of drug-likeness (QED) is 0.598. The summed E-state index contributed by atoms with van der Waals surface area (Å²) in [4.78, 5) is 0. The Kier molecular flexibility index (Phi) is 2.32. The van der Waals surface area contributed by atoms with Crippen LogP contribution in [0, 0.1) is 5.92 Å². The van der Waals surface area contributed by atoms with Crippen LogP contribution in [-0.4, -0.2) is 18.9 Å². The molecule has 2 unspecified atom stereocenters. The Balaban J connectivity index is 2.38. The van der Waals surface area contributed by atoms with Gasteiger partial charge in [-0.15, -0.1) is 0 Å². The summed E-state index contributed by atoms with van der Waals surface area (Å²) in [6.45, 7) is 8.44. The molecule has 2 atom stereocenters. The summed E-state index contributed by atoms with van der Waals surface area (Å²) in [6.07, 6.45) is 1.04. The first-order valence-corrected chi connectivity index (χ1v) is 4.05. The van der Waals surface area contributed by atoms with E-state index in [1.807, 2.05) is 0 Å². The third-order valence-corrected chi connectivity index (χ3v) is 2.19. The molecular weight excluding hydrogens is 126 g/mol. The van der Waals surface area contributed by atoms with Gasteiger partial charge in [-0.2, -0.15) is 0 Å². The van der Waals surface area contributed by atoms with Gasteiger partial charge in [0.1, 0.15) is 5.72 Å². The zero-order valence-corrected chi connectivity index (χ0v) is 7.11. The molecule has 0 bridgehead atoms. The summed E-state index contributed by atoms with van der Waals surface area (Å²) < 4.78 is 5.62. The normalized spacial score (nSPS) is 41.7. The molecule has 0 radical (unpaired) electrons. The van der Waals surface area contributed by atoms with Crippen molar-refractivity contribution in [2.75, 3.05) is 13.2 Å². The van der Waals surface area contributed by atoms with Gasteiger partial charge in [-0.1, -0.05) is 13.8 Å². The highest BCUT2D eigenvalue weighted by atomic mass is 16.5. The lowest BCUT2D eigenvalue weighted by atomic mass is 10.1. The first kappa shape index (κ1) is 8.02. The Morgan fingerprint density at radius 2 is 2.40 bits per heavy atom. The molecule has 1 aliphatic heterocycles. The summed E-state index contributed by atoms with van der Waals surface area (Å²) in [5.41, 5.74) is -0.0491. The average Bonchev–Trinajstić information content (AvgIpc) is 1.96. The van der Waals surface area contributed by atoms with Crippen LogP contribution < -0.4 is 5.32 Å². The van der Waals surface area contributed by atoms with Gasteiger partial charge in [-0.05, 0) is 19.3 Å². The van der Waals surface area contributed by atoms with Gasteiger partial charge in [0.25, 0.3) is 0 Å². The summed E-state index contributed by atoms with van der Waals surface area (Å²) in [6, 6.07) is 0. The van der Waals surface area contributed by atoms with Crippen LogP contribution in [0.25, 0.3) is 0 Å². The van der Waals surface area contributed by atoms with Crippen molar-refractivity contribution in [2.45, 2.75) is 32.9 Å². The van der Waals surface area contributed by atoms with Gasteiger partial charge >= 0.3 is 0 Å². The topological polar surface area (TPSA) is 21.3 Å². The van der Waals surface area contributed by atoms with Crippen molar-refractivity contribution < 1.29 is 4.74 Å². The number of hydrogen-bond acceptors (Lipinski definition) is 2. The van der Waals surface area contributed by atoms with Crippen molar-refractivity contribution in [3.05, 3.63) is 0 Å². The number of nitrogens with one attached hydrogen (secondary N) is 1. The fraction of sp³-hybridized carbons (Fsp3) is 1.00. The lowest BCUT2D eigenvalue weighted by Crippen LogP contribution is -2.51. The highest BCUT2D eigenvalue weighted by Crippen LogP contribution is 2.17. The molecule has 1 heterocycles. The molecule has 0 aromatic rings. The van der Waals surface area contributed by atoms with Crippen molar-refractivity contribution in [2.24, 2.45) is 5.92 Å². The van der Waals surface area contributed by atoms with Crippen molar-refractivity contribution >= 4 is 0 Å². The van der Waals surface area contributed by atoms with Crippen molar-refractivity contribution in [1.82, 2.24) is 5.32 Å². The minimum atomic E-state index is -0.0491. The molecule has 0 aromatic carbocycles. The third kappa shape index (κ3) is 1.70. The first-order valence-electron chi connectivity index (χ1n) is 4.05. The second kappa shape index (κ2) is 2.89. The zero-order valence-electron chi connectivity index (χ0n) is 7.11. The van der Waals surface area contributed by atoms with Crippen LogP contribution in [0.3, 0.4) is 0 Å². The molecule has 0 spiro atoms. The molecule has 1 aliphatic rings. The molecule has 1 saturated heterocycles. The number of rotatable bonds is 1. The molecule has 1 N–H and O–H groups in total. The van der Waals surface area contributed by atoms with Crippen LogP contribution in [0.4, 0.5) is 0 Å². The second-order valence-electron chi connectivity index (χ2n) is 3.38. The summed E-state index contributed by atoms with van der Waals surface area (Å²) in [7, 11) is 0. The Bertz CT molecular complexity index is 106. The summed E-state index contributed by atoms with van der Waals surface area (Å²) >= 11 is 0. The van der Waals surface area contributed by atoms with E-state index in [4.69, 9.17) is 4.74 Å². The molecule has 60 valence electrons. The Hall–Kier alpha value is -0.0800. The van der Waals surface area contributed by atoms with Gasteiger partial charge in [0.15, 0.2) is 0 Å². The average molecular weight is 143 g/mol. The number of ether oxygens (including phenoxy) is 1. The second-order valence-corrected chi connectivity index (χ2v) is 3.38. The van der Waals surface area contributed by atoms with Crippen LogP contribution in [0.15, 0.2) is 0 Å². The third-order valence-electron chi connectivity index (χ3n) is 2.19. The van der Waals surface area contributed by atoms with Crippen molar-refractivity contribution in [3.8, 4) is 0 Å². The van der Waals surface area contributed by atoms with Gasteiger partial charge < -0.3 is 4.74 Å². The van der Waals surface area contributed by atoms with Gasteiger partial charge in [0, 0.05) is 6.54 Å². The maximum atomic E-state index is 5.62. The lowest BCUT2D eigenvalue weighted by Gasteiger charge is -2.37. The molecule has 1 rings (SSSR count). The fourth-order valence-corrected chi connectivity index (χ4v) is 1.05. The van der Waals surface area contributed by atoms with Gasteiger partial charge in [-0.25, -0.2) is 0 Å². The molecule has 0 amide bonds. The maximum absolute atomic E-state index is 5.62. The van der Waals surface area contributed by atoms with Gasteiger partial charge in [-0.3, -0.25) is 5.32 Å². The van der Waals surface area contributed by atoms with E-state index in [1.165, 1.54) is 0 Å². The van der Waals surface area contributed by atoms with Crippen molar-refractivity contribution in [1.29, 1.82) is 0 Å². The Morgan fingerprint density at radius 3 is 2.80 bits per heavy atom. The first-order chi connectivity index (χ1) is 4.66. The van der Waals surface area contributed by atoms with E-state index in [0.29, 0.717) is 5.92 Å². The van der Waals surface area contributed by atoms with E-state index in [-0.39, 0.29) is 5.72 Å². The van der Waals surface area contributed by atoms with E-state index < -0.39 is 0 Å². The van der Waals surface area contributed by atoms with Crippen LogP contribution in [0.2, 0.25) is 0 Å². The number of hydrogen-bond donors (Lipinski definition) is 1. The Morgan fingerprint density at radius 1 is 1.70 bits per heavy atom. The van der Waals surface area contributed by atoms with E-state index in [1.54, 1.807) is 0 Å². The molecule has 2 heteroatoms. The van der Waals surface area contributed by atoms with Crippen LogP contribution >= 0.6 is 0 Å². The highest BCUT2D eigenvalue weighted by Gasteiger charge is 2.27. The Labute approximate surface area is 63.0 Å². The monoisotopic (exact) mass is 143 g/mol. The molecule has 0 aliphatic carbocycles. The standard InChI is InChI=1S/C8H17NO/c1-4-8(3)9-5-7(2)6-10-8/h7,9H,4-6H2,1-3H3.